The average molecular weight is 374 g/mol. The summed E-state index contributed by atoms with van der Waals surface area (Å²) in [6, 6.07) is 7.15. The van der Waals surface area contributed by atoms with E-state index in [1.165, 1.54) is 24.0 Å². The first-order valence-corrected chi connectivity index (χ1v) is 10.8. The number of rotatable bonds is 11. The molecule has 0 spiro atoms. The highest BCUT2D eigenvalue weighted by Gasteiger charge is 2.33. The summed E-state index contributed by atoms with van der Waals surface area (Å²) < 4.78 is 11.6. The second-order valence-corrected chi connectivity index (χ2v) is 8.14. The molecule has 0 radical (unpaired) electrons. The molecule has 3 atom stereocenters. The SMILES string of the molecule is CCCCCOC(C)CC[C@H]1CC(c2ccc3c(c2)CCO3)CN1CC=O. The minimum Gasteiger partial charge on any atom is -0.493 e. The van der Waals surface area contributed by atoms with Crippen LogP contribution in [0.1, 0.15) is 69.4 Å². The summed E-state index contributed by atoms with van der Waals surface area (Å²) in [6.45, 7) is 7.60. The number of carbonyl (C=O) groups is 1. The Morgan fingerprint density at radius 3 is 3.07 bits per heavy atom. The minimum atomic E-state index is 0.302. The molecule has 0 bridgehead atoms. The molecule has 150 valence electrons. The number of ether oxygens (including phenoxy) is 2. The van der Waals surface area contributed by atoms with Crippen LogP contribution in [0.15, 0.2) is 18.2 Å². The highest BCUT2D eigenvalue weighted by molar-refractivity contribution is 5.52. The van der Waals surface area contributed by atoms with Crippen LogP contribution in [0.4, 0.5) is 0 Å². The molecule has 1 saturated heterocycles. The van der Waals surface area contributed by atoms with Crippen LogP contribution >= 0.6 is 0 Å². The first kappa shape index (κ1) is 20.3. The molecular weight excluding hydrogens is 338 g/mol. The van der Waals surface area contributed by atoms with E-state index in [9.17, 15) is 4.79 Å². The van der Waals surface area contributed by atoms with Crippen LogP contribution in [0, 0.1) is 0 Å². The summed E-state index contributed by atoms with van der Waals surface area (Å²) in [6.07, 6.45) is 9.32. The van der Waals surface area contributed by atoms with Crippen molar-refractivity contribution in [3.05, 3.63) is 29.3 Å². The maximum Gasteiger partial charge on any atom is 0.133 e. The fraction of sp³-hybridized carbons (Fsp3) is 0.696. The van der Waals surface area contributed by atoms with E-state index >= 15 is 0 Å². The van der Waals surface area contributed by atoms with Gasteiger partial charge in [-0.15, -0.1) is 0 Å². The third-order valence-corrected chi connectivity index (χ3v) is 6.08. The Balaban J connectivity index is 1.52. The van der Waals surface area contributed by atoms with Gasteiger partial charge < -0.3 is 14.3 Å². The Morgan fingerprint density at radius 2 is 2.26 bits per heavy atom. The van der Waals surface area contributed by atoms with Gasteiger partial charge in [0.2, 0.25) is 0 Å². The molecule has 2 aliphatic rings. The van der Waals surface area contributed by atoms with Gasteiger partial charge in [-0.1, -0.05) is 31.9 Å². The molecule has 3 rings (SSSR count). The summed E-state index contributed by atoms with van der Waals surface area (Å²) in [5.41, 5.74) is 2.74. The number of aldehydes is 1. The zero-order chi connectivity index (χ0) is 19.1. The lowest BCUT2D eigenvalue weighted by Gasteiger charge is -2.23. The molecule has 4 nitrogen and oxygen atoms in total. The predicted octanol–water partition coefficient (Wildman–Crippen LogP) is 4.35. The molecule has 0 N–H and O–H groups in total. The Hall–Kier alpha value is -1.39. The minimum absolute atomic E-state index is 0.302. The van der Waals surface area contributed by atoms with Crippen molar-refractivity contribution in [3.8, 4) is 5.75 Å². The van der Waals surface area contributed by atoms with E-state index in [4.69, 9.17) is 9.47 Å². The number of hydrogen-bond acceptors (Lipinski definition) is 4. The molecule has 0 aromatic heterocycles. The van der Waals surface area contributed by atoms with E-state index in [2.05, 4.69) is 36.9 Å². The summed E-state index contributed by atoms with van der Waals surface area (Å²) in [4.78, 5) is 13.5. The standard InChI is InChI=1S/C23H35NO3/c1-3-4-5-13-26-18(2)6-8-22-16-21(17-24(22)11-12-25)19-7-9-23-20(15-19)10-14-27-23/h7,9,12,15,18,21-22H,3-6,8,10-11,13-14,16-17H2,1-2H3/t18?,21?,22-/m0/s1. The highest BCUT2D eigenvalue weighted by atomic mass is 16.5. The highest BCUT2D eigenvalue weighted by Crippen LogP contribution is 2.36. The van der Waals surface area contributed by atoms with Gasteiger partial charge >= 0.3 is 0 Å². The number of fused-ring (bicyclic) bond motifs is 1. The number of hydrogen-bond donors (Lipinski definition) is 0. The molecule has 0 saturated carbocycles. The third kappa shape index (κ3) is 5.55. The molecule has 2 aliphatic heterocycles. The second kappa shape index (κ2) is 10.2. The van der Waals surface area contributed by atoms with Crippen molar-refractivity contribution >= 4 is 6.29 Å². The molecule has 2 heterocycles. The van der Waals surface area contributed by atoms with Crippen LogP contribution in [0.5, 0.6) is 5.75 Å². The zero-order valence-corrected chi connectivity index (χ0v) is 17.0. The monoisotopic (exact) mass is 373 g/mol. The quantitative estimate of drug-likeness (QED) is 0.427. The molecular formula is C23H35NO3. The van der Waals surface area contributed by atoms with Gasteiger partial charge in [-0.25, -0.2) is 0 Å². The van der Waals surface area contributed by atoms with Gasteiger partial charge in [-0.05, 0) is 55.7 Å². The lowest BCUT2D eigenvalue weighted by Crippen LogP contribution is -2.32. The smallest absolute Gasteiger partial charge is 0.133 e. The van der Waals surface area contributed by atoms with Crippen LogP contribution in [-0.2, 0) is 16.0 Å². The van der Waals surface area contributed by atoms with Gasteiger partial charge in [0.25, 0.3) is 0 Å². The van der Waals surface area contributed by atoms with E-state index < -0.39 is 0 Å². The average Bonchev–Trinajstić information content (AvgIpc) is 3.30. The van der Waals surface area contributed by atoms with Crippen molar-refractivity contribution in [1.29, 1.82) is 0 Å². The van der Waals surface area contributed by atoms with E-state index in [1.54, 1.807) is 0 Å². The van der Waals surface area contributed by atoms with Crippen LogP contribution in [-0.4, -0.2) is 49.6 Å². The number of benzene rings is 1. The molecule has 0 amide bonds. The van der Waals surface area contributed by atoms with E-state index in [1.807, 2.05) is 0 Å². The Morgan fingerprint density at radius 1 is 1.37 bits per heavy atom. The van der Waals surface area contributed by atoms with Crippen LogP contribution in [0.3, 0.4) is 0 Å². The van der Waals surface area contributed by atoms with Crippen LogP contribution in [0.25, 0.3) is 0 Å². The van der Waals surface area contributed by atoms with Gasteiger partial charge in [0.05, 0.1) is 19.3 Å². The fourth-order valence-corrected chi connectivity index (χ4v) is 4.45. The van der Waals surface area contributed by atoms with Gasteiger partial charge in [0.15, 0.2) is 0 Å². The normalized spacial score (nSPS) is 23.2. The Labute approximate surface area is 164 Å². The molecule has 1 fully saturated rings. The molecule has 1 aromatic carbocycles. The summed E-state index contributed by atoms with van der Waals surface area (Å²) in [5, 5.41) is 0. The van der Waals surface area contributed by atoms with E-state index in [0.717, 1.165) is 63.9 Å². The maximum atomic E-state index is 11.2. The van der Waals surface area contributed by atoms with Crippen molar-refractivity contribution < 1.29 is 14.3 Å². The van der Waals surface area contributed by atoms with Gasteiger partial charge in [0.1, 0.15) is 12.0 Å². The third-order valence-electron chi connectivity index (χ3n) is 6.08. The molecule has 27 heavy (non-hydrogen) atoms. The van der Waals surface area contributed by atoms with Crippen molar-refractivity contribution in [2.24, 2.45) is 0 Å². The fourth-order valence-electron chi connectivity index (χ4n) is 4.45. The number of nitrogens with zero attached hydrogens (tertiary/aromatic N) is 1. The number of unbranched alkanes of at least 4 members (excludes halogenated alkanes) is 2. The molecule has 1 aromatic rings. The van der Waals surface area contributed by atoms with Crippen molar-refractivity contribution in [2.75, 3.05) is 26.3 Å². The van der Waals surface area contributed by atoms with Crippen molar-refractivity contribution in [3.63, 3.8) is 0 Å². The van der Waals surface area contributed by atoms with Crippen LogP contribution in [0.2, 0.25) is 0 Å². The Bertz CT molecular complexity index is 603. The lowest BCUT2D eigenvalue weighted by atomic mass is 9.93. The largest absolute Gasteiger partial charge is 0.493 e. The van der Waals surface area contributed by atoms with Crippen molar-refractivity contribution in [1.82, 2.24) is 4.90 Å². The Kier molecular flexibility index (Phi) is 7.71. The summed E-state index contributed by atoms with van der Waals surface area (Å²) in [7, 11) is 0. The summed E-state index contributed by atoms with van der Waals surface area (Å²) in [5.74, 6) is 1.56. The predicted molar refractivity (Wildman–Crippen MR) is 109 cm³/mol. The molecule has 4 heteroatoms. The second-order valence-electron chi connectivity index (χ2n) is 8.14. The van der Waals surface area contributed by atoms with E-state index in [0.29, 0.717) is 24.6 Å². The zero-order valence-electron chi connectivity index (χ0n) is 17.0. The van der Waals surface area contributed by atoms with Gasteiger partial charge in [0, 0.05) is 25.6 Å². The first-order chi connectivity index (χ1) is 13.2. The van der Waals surface area contributed by atoms with Gasteiger partial charge in [-0.2, -0.15) is 0 Å². The molecule has 2 unspecified atom stereocenters. The van der Waals surface area contributed by atoms with Crippen molar-refractivity contribution in [2.45, 2.75) is 76.9 Å². The molecule has 0 aliphatic carbocycles. The summed E-state index contributed by atoms with van der Waals surface area (Å²) >= 11 is 0. The van der Waals surface area contributed by atoms with E-state index in [-0.39, 0.29) is 0 Å². The number of carbonyl (C=O) groups excluding carboxylic acids is 1. The van der Waals surface area contributed by atoms with Crippen LogP contribution < -0.4 is 4.74 Å². The number of likely N-dealkylation sites (tertiary alicyclic amines) is 1. The van der Waals surface area contributed by atoms with Gasteiger partial charge in [-0.3, -0.25) is 4.90 Å². The lowest BCUT2D eigenvalue weighted by molar-refractivity contribution is -0.109. The topological polar surface area (TPSA) is 38.8 Å². The first-order valence-electron chi connectivity index (χ1n) is 10.8. The maximum absolute atomic E-state index is 11.2.